The third-order valence-electron chi connectivity index (χ3n) is 3.54. The zero-order valence-electron chi connectivity index (χ0n) is 13.6. The smallest absolute Gasteiger partial charge is 0.358 e. The highest BCUT2D eigenvalue weighted by Gasteiger charge is 2.16. The summed E-state index contributed by atoms with van der Waals surface area (Å²) in [4.78, 5) is -0.0527. The van der Waals surface area contributed by atoms with Gasteiger partial charge in [-0.1, -0.05) is 29.4 Å². The molecule has 2 aromatic rings. The van der Waals surface area contributed by atoms with E-state index in [1.54, 1.807) is 36.4 Å². The Hall–Kier alpha value is -2.45. The predicted octanol–water partition coefficient (Wildman–Crippen LogP) is 2.60. The first-order valence-corrected chi connectivity index (χ1v) is 8.87. The zero-order valence-corrected chi connectivity index (χ0v) is 14.4. The Morgan fingerprint density at radius 1 is 1.16 bits per heavy atom. The van der Waals surface area contributed by atoms with Crippen LogP contribution >= 0.6 is 0 Å². The van der Waals surface area contributed by atoms with Gasteiger partial charge in [0.05, 0.1) is 19.2 Å². The van der Waals surface area contributed by atoms with Crippen LogP contribution in [0.3, 0.4) is 0 Å². The second kappa shape index (κ2) is 8.59. The molecule has 0 heterocycles. The van der Waals surface area contributed by atoms with E-state index in [0.717, 1.165) is 11.8 Å². The molecule has 25 heavy (non-hydrogen) atoms. The average Bonchev–Trinajstić information content (AvgIpc) is 2.65. The number of hydrogen-bond donors (Lipinski definition) is 1. The van der Waals surface area contributed by atoms with Gasteiger partial charge in [0.25, 0.3) is 0 Å². The molecule has 0 saturated carbocycles. The van der Waals surface area contributed by atoms with E-state index in [0.29, 0.717) is 17.9 Å². The van der Waals surface area contributed by atoms with Crippen LogP contribution in [0.1, 0.15) is 17.0 Å². The van der Waals surface area contributed by atoms with Gasteiger partial charge in [-0.3, -0.25) is 8.67 Å². The molecule has 0 aliphatic carbocycles. The van der Waals surface area contributed by atoms with E-state index in [1.807, 2.05) is 0 Å². The SMILES string of the molecule is COc1ccc(C(C=NOS(=O)(=O)c2ccc(CN)cc2)CF)cc1. The van der Waals surface area contributed by atoms with Gasteiger partial charge < -0.3 is 10.5 Å². The van der Waals surface area contributed by atoms with E-state index < -0.39 is 22.7 Å². The second-order valence-corrected chi connectivity index (χ2v) is 6.69. The molecule has 0 amide bonds. The van der Waals surface area contributed by atoms with Crippen LogP contribution in [-0.4, -0.2) is 28.4 Å². The lowest BCUT2D eigenvalue weighted by Crippen LogP contribution is -2.07. The highest BCUT2D eigenvalue weighted by atomic mass is 32.2. The summed E-state index contributed by atoms with van der Waals surface area (Å²) in [7, 11) is -2.53. The summed E-state index contributed by atoms with van der Waals surface area (Å²) in [6.07, 6.45) is 1.12. The summed E-state index contributed by atoms with van der Waals surface area (Å²) in [5, 5.41) is 3.44. The largest absolute Gasteiger partial charge is 0.497 e. The molecule has 134 valence electrons. The minimum absolute atomic E-state index is 0.0527. The Balaban J connectivity index is 2.07. The molecule has 0 spiro atoms. The van der Waals surface area contributed by atoms with Crippen molar-refractivity contribution in [1.82, 2.24) is 0 Å². The van der Waals surface area contributed by atoms with Crippen LogP contribution < -0.4 is 10.5 Å². The van der Waals surface area contributed by atoms with Gasteiger partial charge in [-0.15, -0.1) is 0 Å². The maximum absolute atomic E-state index is 13.2. The monoisotopic (exact) mass is 366 g/mol. The maximum atomic E-state index is 13.2. The van der Waals surface area contributed by atoms with E-state index in [9.17, 15) is 12.8 Å². The fourth-order valence-corrected chi connectivity index (χ4v) is 2.77. The molecule has 0 aliphatic rings. The van der Waals surface area contributed by atoms with Crippen LogP contribution in [0.15, 0.2) is 58.6 Å². The summed E-state index contributed by atoms with van der Waals surface area (Å²) in [6.45, 7) is -0.441. The van der Waals surface area contributed by atoms with Crippen molar-refractivity contribution in [2.45, 2.75) is 17.4 Å². The molecule has 2 aromatic carbocycles. The van der Waals surface area contributed by atoms with Crippen molar-refractivity contribution in [1.29, 1.82) is 0 Å². The minimum Gasteiger partial charge on any atom is -0.497 e. The minimum atomic E-state index is -4.06. The molecule has 0 fully saturated rings. The van der Waals surface area contributed by atoms with Gasteiger partial charge in [0.15, 0.2) is 0 Å². The number of ether oxygens (including phenoxy) is 1. The molecule has 1 unspecified atom stereocenters. The highest BCUT2D eigenvalue weighted by molar-refractivity contribution is 7.86. The molecular formula is C17H19FN2O4S. The molecule has 1 atom stereocenters. The van der Waals surface area contributed by atoms with Crippen LogP contribution in [0.5, 0.6) is 5.75 Å². The molecule has 0 saturated heterocycles. The quantitative estimate of drug-likeness (QED) is 0.573. The first-order valence-electron chi connectivity index (χ1n) is 7.46. The number of oxime groups is 1. The molecule has 8 heteroatoms. The van der Waals surface area contributed by atoms with Crippen molar-refractivity contribution < 1.29 is 21.8 Å². The highest BCUT2D eigenvalue weighted by Crippen LogP contribution is 2.19. The van der Waals surface area contributed by atoms with Crippen molar-refractivity contribution in [2.24, 2.45) is 10.9 Å². The van der Waals surface area contributed by atoms with Gasteiger partial charge in [-0.25, -0.2) is 0 Å². The molecule has 0 radical (unpaired) electrons. The predicted molar refractivity (Wildman–Crippen MR) is 92.8 cm³/mol. The summed E-state index contributed by atoms with van der Waals surface area (Å²) < 4.78 is 46.9. The van der Waals surface area contributed by atoms with Crippen LogP contribution in [0.2, 0.25) is 0 Å². The van der Waals surface area contributed by atoms with Crippen LogP contribution in [0, 0.1) is 0 Å². The van der Waals surface area contributed by atoms with Crippen LogP contribution in [0.25, 0.3) is 0 Å². The third kappa shape index (κ3) is 5.01. The number of methoxy groups -OCH3 is 1. The molecular weight excluding hydrogens is 347 g/mol. The Morgan fingerprint density at radius 2 is 1.80 bits per heavy atom. The van der Waals surface area contributed by atoms with Crippen molar-refractivity contribution >= 4 is 16.3 Å². The van der Waals surface area contributed by atoms with Crippen LogP contribution in [-0.2, 0) is 20.9 Å². The van der Waals surface area contributed by atoms with Gasteiger partial charge in [0, 0.05) is 6.54 Å². The first kappa shape index (κ1) is 18.9. The van der Waals surface area contributed by atoms with E-state index in [1.165, 1.54) is 19.2 Å². The summed E-state index contributed by atoms with van der Waals surface area (Å²) in [5.74, 6) is -0.0845. The number of nitrogens with two attached hydrogens (primary N) is 1. The Labute approximate surface area is 146 Å². The maximum Gasteiger partial charge on any atom is 0.358 e. The second-order valence-electron chi connectivity index (χ2n) is 5.17. The normalized spacial score (nSPS) is 12.9. The van der Waals surface area contributed by atoms with Crippen LogP contribution in [0.4, 0.5) is 4.39 Å². The number of alkyl halides is 1. The molecule has 2 rings (SSSR count). The van der Waals surface area contributed by atoms with Gasteiger partial charge in [0.2, 0.25) is 0 Å². The topological polar surface area (TPSA) is 91.0 Å². The number of benzene rings is 2. The van der Waals surface area contributed by atoms with E-state index in [2.05, 4.69) is 9.44 Å². The Morgan fingerprint density at radius 3 is 2.32 bits per heavy atom. The first-order chi connectivity index (χ1) is 12.0. The number of rotatable bonds is 8. The lowest BCUT2D eigenvalue weighted by Gasteiger charge is -2.09. The lowest BCUT2D eigenvalue weighted by atomic mass is 10.0. The molecule has 0 aliphatic heterocycles. The summed E-state index contributed by atoms with van der Waals surface area (Å²) >= 11 is 0. The molecule has 6 nitrogen and oxygen atoms in total. The lowest BCUT2D eigenvalue weighted by molar-refractivity contribution is 0.337. The van der Waals surface area contributed by atoms with Crippen molar-refractivity contribution in [3.8, 4) is 5.75 Å². The van der Waals surface area contributed by atoms with E-state index in [4.69, 9.17) is 10.5 Å². The fourth-order valence-electron chi connectivity index (χ4n) is 2.06. The molecule has 2 N–H and O–H groups in total. The average molecular weight is 366 g/mol. The zero-order chi connectivity index (χ0) is 18.3. The molecule has 0 aromatic heterocycles. The van der Waals surface area contributed by atoms with E-state index in [-0.39, 0.29) is 4.90 Å². The fraction of sp³-hybridized carbons (Fsp3) is 0.235. The Bertz CT molecular complexity index is 806. The van der Waals surface area contributed by atoms with Crippen molar-refractivity contribution in [2.75, 3.05) is 13.8 Å². The Kier molecular flexibility index (Phi) is 6.49. The number of nitrogens with zero attached hydrogens (tertiary/aromatic N) is 1. The van der Waals surface area contributed by atoms with Gasteiger partial charge in [0.1, 0.15) is 17.3 Å². The van der Waals surface area contributed by atoms with Crippen molar-refractivity contribution in [3.63, 3.8) is 0 Å². The van der Waals surface area contributed by atoms with E-state index >= 15 is 0 Å². The van der Waals surface area contributed by atoms with Gasteiger partial charge in [-0.2, -0.15) is 8.42 Å². The summed E-state index contributed by atoms with van der Waals surface area (Å²) in [6, 6.07) is 12.6. The molecule has 0 bridgehead atoms. The van der Waals surface area contributed by atoms with Gasteiger partial charge >= 0.3 is 10.1 Å². The number of halogens is 1. The third-order valence-corrected chi connectivity index (χ3v) is 4.67. The standard InChI is InChI=1S/C17H19FN2O4S/c1-23-16-6-4-14(5-7-16)15(10-18)12-20-24-25(21,22)17-8-2-13(11-19)3-9-17/h2-9,12,15H,10-11,19H2,1H3. The van der Waals surface area contributed by atoms with Crippen molar-refractivity contribution in [3.05, 3.63) is 59.7 Å². The summed E-state index contributed by atoms with van der Waals surface area (Å²) in [5.41, 5.74) is 6.88. The number of hydrogen-bond acceptors (Lipinski definition) is 6. The van der Waals surface area contributed by atoms with Gasteiger partial charge in [-0.05, 0) is 35.4 Å².